The summed E-state index contributed by atoms with van der Waals surface area (Å²) in [7, 11) is 0. The van der Waals surface area contributed by atoms with E-state index in [1.54, 1.807) is 13.8 Å². The van der Waals surface area contributed by atoms with Crippen LogP contribution < -0.4 is 5.32 Å². The van der Waals surface area contributed by atoms with Crippen LogP contribution in [-0.2, 0) is 9.53 Å². The van der Waals surface area contributed by atoms with Crippen molar-refractivity contribution in [3.8, 4) is 0 Å². The van der Waals surface area contributed by atoms with E-state index < -0.39 is 5.54 Å². The number of rotatable bonds is 4. The summed E-state index contributed by atoms with van der Waals surface area (Å²) in [6.45, 7) is 9.40. The van der Waals surface area contributed by atoms with Crippen molar-refractivity contribution in [2.45, 2.75) is 51.4 Å². The van der Waals surface area contributed by atoms with E-state index >= 15 is 0 Å². The molecule has 1 aromatic rings. The summed E-state index contributed by atoms with van der Waals surface area (Å²) in [5.74, 6) is -0.161. The predicted molar refractivity (Wildman–Crippen MR) is 95.1 cm³/mol. The van der Waals surface area contributed by atoms with Crippen LogP contribution in [0.1, 0.15) is 39.4 Å². The van der Waals surface area contributed by atoms with Crippen LogP contribution in [-0.4, -0.2) is 59.1 Å². The normalized spacial score (nSPS) is 29.8. The summed E-state index contributed by atoms with van der Waals surface area (Å²) >= 11 is 0. The van der Waals surface area contributed by atoms with Gasteiger partial charge in [-0.15, -0.1) is 0 Å². The fourth-order valence-corrected chi connectivity index (χ4v) is 3.73. The summed E-state index contributed by atoms with van der Waals surface area (Å²) in [5.41, 5.74) is 0.342. The predicted octanol–water partition coefficient (Wildman–Crippen LogP) is 2.17. The van der Waals surface area contributed by atoms with Gasteiger partial charge in [0, 0.05) is 25.2 Å². The quantitative estimate of drug-likeness (QED) is 0.850. The van der Waals surface area contributed by atoms with Gasteiger partial charge in [-0.05, 0) is 33.3 Å². The molecular weight excluding hydrogens is 318 g/mol. The van der Waals surface area contributed by atoms with E-state index in [0.717, 1.165) is 5.56 Å². The number of nitrogens with one attached hydrogen (secondary N) is 1. The lowest BCUT2D eigenvalue weighted by Gasteiger charge is -2.44. The zero-order chi connectivity index (χ0) is 18.2. The molecule has 25 heavy (non-hydrogen) atoms. The standard InChI is InChI=1S/C19H27N3O3/c1-13-12-25-16(15-8-6-5-7-9-15)14(2)21(13)10-11-22-17(23)19(3,4)20-18(22)24/h5-9,13-14,16H,10-12H2,1-4H3,(H,20,24)/t13-,14+,16+/m1/s1. The lowest BCUT2D eigenvalue weighted by molar-refractivity contribution is -0.131. The third-order valence-corrected chi connectivity index (χ3v) is 5.20. The molecule has 3 amide bonds. The first-order valence-corrected chi connectivity index (χ1v) is 8.87. The van der Waals surface area contributed by atoms with Crippen LogP contribution in [0.4, 0.5) is 4.79 Å². The number of nitrogens with zero attached hydrogens (tertiary/aromatic N) is 2. The maximum atomic E-state index is 12.4. The number of ether oxygens (including phenoxy) is 1. The number of hydrogen-bond donors (Lipinski definition) is 1. The van der Waals surface area contributed by atoms with Crippen molar-refractivity contribution in [1.29, 1.82) is 0 Å². The molecule has 1 N–H and O–H groups in total. The first-order chi connectivity index (χ1) is 11.8. The topological polar surface area (TPSA) is 61.9 Å². The van der Waals surface area contributed by atoms with Crippen molar-refractivity contribution in [2.24, 2.45) is 0 Å². The molecule has 2 fully saturated rings. The number of morpholine rings is 1. The molecule has 2 aliphatic rings. The maximum absolute atomic E-state index is 12.4. The van der Waals surface area contributed by atoms with Crippen molar-refractivity contribution in [1.82, 2.24) is 15.1 Å². The Morgan fingerprint density at radius 2 is 1.84 bits per heavy atom. The first-order valence-electron chi connectivity index (χ1n) is 8.87. The van der Waals surface area contributed by atoms with E-state index in [1.807, 2.05) is 18.2 Å². The SMILES string of the molecule is C[C@@H]1CO[C@H](c2ccccc2)[C@H](C)N1CCN1C(=O)NC(C)(C)C1=O. The molecule has 136 valence electrons. The summed E-state index contributed by atoms with van der Waals surface area (Å²) in [5, 5.41) is 2.73. The van der Waals surface area contributed by atoms with Gasteiger partial charge in [-0.3, -0.25) is 14.6 Å². The van der Waals surface area contributed by atoms with Crippen LogP contribution in [0.25, 0.3) is 0 Å². The Morgan fingerprint density at radius 3 is 2.44 bits per heavy atom. The van der Waals surface area contributed by atoms with Gasteiger partial charge in [-0.1, -0.05) is 30.3 Å². The maximum Gasteiger partial charge on any atom is 0.325 e. The summed E-state index contributed by atoms with van der Waals surface area (Å²) in [6.07, 6.45) is -0.00283. The Balaban J connectivity index is 1.68. The molecule has 0 aliphatic carbocycles. The molecule has 6 nitrogen and oxygen atoms in total. The molecule has 2 saturated heterocycles. The number of amides is 3. The van der Waals surface area contributed by atoms with E-state index in [9.17, 15) is 9.59 Å². The second-order valence-electron chi connectivity index (χ2n) is 7.50. The molecular formula is C19H27N3O3. The molecule has 0 saturated carbocycles. The molecule has 0 unspecified atom stereocenters. The van der Waals surface area contributed by atoms with Gasteiger partial charge in [0.15, 0.2) is 0 Å². The number of carbonyl (C=O) groups is 2. The van der Waals surface area contributed by atoms with Crippen molar-refractivity contribution in [3.05, 3.63) is 35.9 Å². The third-order valence-electron chi connectivity index (χ3n) is 5.20. The molecule has 0 radical (unpaired) electrons. The van der Waals surface area contributed by atoms with Crippen LogP contribution in [0.3, 0.4) is 0 Å². The Kier molecular flexibility index (Phi) is 4.84. The van der Waals surface area contributed by atoms with Gasteiger partial charge in [0.25, 0.3) is 5.91 Å². The van der Waals surface area contributed by atoms with Gasteiger partial charge in [0.1, 0.15) is 5.54 Å². The molecule has 3 atom stereocenters. The van der Waals surface area contributed by atoms with Gasteiger partial charge in [0.05, 0.1) is 12.7 Å². The minimum Gasteiger partial charge on any atom is -0.370 e. The average molecular weight is 345 g/mol. The van der Waals surface area contributed by atoms with Crippen LogP contribution in [0.2, 0.25) is 0 Å². The molecule has 0 bridgehead atoms. The summed E-state index contributed by atoms with van der Waals surface area (Å²) in [6, 6.07) is 10.3. The number of urea groups is 1. The fourth-order valence-electron chi connectivity index (χ4n) is 3.73. The first kappa shape index (κ1) is 17.9. The van der Waals surface area contributed by atoms with Gasteiger partial charge < -0.3 is 10.1 Å². The molecule has 0 spiro atoms. The van der Waals surface area contributed by atoms with Crippen LogP contribution >= 0.6 is 0 Å². The molecule has 3 rings (SSSR count). The second kappa shape index (κ2) is 6.77. The lowest BCUT2D eigenvalue weighted by Crippen LogP contribution is -2.53. The molecule has 2 heterocycles. The Bertz CT molecular complexity index is 647. The van der Waals surface area contributed by atoms with E-state index in [0.29, 0.717) is 19.7 Å². The molecule has 1 aromatic carbocycles. The van der Waals surface area contributed by atoms with Crippen LogP contribution in [0, 0.1) is 0 Å². The van der Waals surface area contributed by atoms with Crippen molar-refractivity contribution in [2.75, 3.05) is 19.7 Å². The summed E-state index contributed by atoms with van der Waals surface area (Å²) in [4.78, 5) is 28.1. The highest BCUT2D eigenvalue weighted by molar-refractivity contribution is 6.06. The monoisotopic (exact) mass is 345 g/mol. The smallest absolute Gasteiger partial charge is 0.325 e. The van der Waals surface area contributed by atoms with Gasteiger partial charge in [0.2, 0.25) is 0 Å². The average Bonchev–Trinajstić information content (AvgIpc) is 2.76. The fraction of sp³-hybridized carbons (Fsp3) is 0.579. The van der Waals surface area contributed by atoms with E-state index in [4.69, 9.17) is 4.74 Å². The van der Waals surface area contributed by atoms with E-state index in [2.05, 4.69) is 36.2 Å². The van der Waals surface area contributed by atoms with E-state index in [-0.39, 0.29) is 30.1 Å². The van der Waals surface area contributed by atoms with Crippen molar-refractivity contribution >= 4 is 11.9 Å². The second-order valence-corrected chi connectivity index (χ2v) is 7.50. The molecule has 6 heteroatoms. The number of carbonyl (C=O) groups excluding carboxylic acids is 2. The highest BCUT2D eigenvalue weighted by atomic mass is 16.5. The highest BCUT2D eigenvalue weighted by Crippen LogP contribution is 2.30. The highest BCUT2D eigenvalue weighted by Gasteiger charge is 2.44. The lowest BCUT2D eigenvalue weighted by atomic mass is 9.98. The largest absolute Gasteiger partial charge is 0.370 e. The Hall–Kier alpha value is -1.92. The van der Waals surface area contributed by atoms with Gasteiger partial charge in [-0.25, -0.2) is 4.79 Å². The number of hydrogen-bond acceptors (Lipinski definition) is 4. The number of imide groups is 1. The van der Waals surface area contributed by atoms with E-state index in [1.165, 1.54) is 4.90 Å². The zero-order valence-electron chi connectivity index (χ0n) is 15.4. The minimum absolute atomic E-state index is 0.00283. The zero-order valence-corrected chi connectivity index (χ0v) is 15.4. The van der Waals surface area contributed by atoms with Gasteiger partial charge >= 0.3 is 6.03 Å². The Morgan fingerprint density at radius 1 is 1.16 bits per heavy atom. The summed E-state index contributed by atoms with van der Waals surface area (Å²) < 4.78 is 6.06. The molecule has 2 aliphatic heterocycles. The minimum atomic E-state index is -0.814. The third kappa shape index (κ3) is 3.41. The van der Waals surface area contributed by atoms with Crippen molar-refractivity contribution in [3.63, 3.8) is 0 Å². The van der Waals surface area contributed by atoms with Crippen LogP contribution in [0.5, 0.6) is 0 Å². The van der Waals surface area contributed by atoms with Crippen LogP contribution in [0.15, 0.2) is 30.3 Å². The molecule has 0 aromatic heterocycles. The van der Waals surface area contributed by atoms with Crippen molar-refractivity contribution < 1.29 is 14.3 Å². The van der Waals surface area contributed by atoms with Gasteiger partial charge in [-0.2, -0.15) is 0 Å². The Labute approximate surface area is 149 Å². The number of benzene rings is 1.